The lowest BCUT2D eigenvalue weighted by Gasteiger charge is -2.28. The molecule has 6 N–H and O–H groups in total. The second-order valence-electron chi connectivity index (χ2n) is 10.9. The first kappa shape index (κ1) is 33.1. The first-order chi connectivity index (χ1) is 21.9. The highest BCUT2D eigenvalue weighted by Crippen LogP contribution is 2.21. The highest BCUT2D eigenvalue weighted by atomic mass is 16.6. The van der Waals surface area contributed by atoms with E-state index in [1.54, 1.807) is 48.5 Å². The van der Waals surface area contributed by atoms with Crippen LogP contribution in [0.2, 0.25) is 0 Å². The molecule has 46 heavy (non-hydrogen) atoms. The van der Waals surface area contributed by atoms with Crippen LogP contribution in [0.5, 0.6) is 0 Å². The third-order valence-electron chi connectivity index (χ3n) is 7.45. The molecule has 1 aliphatic rings. The number of amides is 5. The van der Waals surface area contributed by atoms with Gasteiger partial charge in [0.05, 0.1) is 10.5 Å². The van der Waals surface area contributed by atoms with E-state index < -0.39 is 46.7 Å². The van der Waals surface area contributed by atoms with Gasteiger partial charge in [-0.25, -0.2) is 0 Å². The number of nitrogens with one attached hydrogen (secondary N) is 4. The van der Waals surface area contributed by atoms with Gasteiger partial charge < -0.3 is 31.9 Å². The number of hydrogen-bond donors (Lipinski definition) is 5. The van der Waals surface area contributed by atoms with Crippen LogP contribution in [-0.4, -0.2) is 64.0 Å². The van der Waals surface area contributed by atoms with Crippen molar-refractivity contribution in [1.82, 2.24) is 15.5 Å². The summed E-state index contributed by atoms with van der Waals surface area (Å²) >= 11 is 0. The second-order valence-corrected chi connectivity index (χ2v) is 10.9. The number of hydrogen-bond acceptors (Lipinski definition) is 8. The molecule has 3 aromatic rings. The Morgan fingerprint density at radius 3 is 2.17 bits per heavy atom. The van der Waals surface area contributed by atoms with Crippen molar-refractivity contribution in [3.8, 4) is 0 Å². The van der Waals surface area contributed by atoms with Crippen LogP contribution < -0.4 is 27.0 Å². The van der Waals surface area contributed by atoms with Gasteiger partial charge in [0.1, 0.15) is 18.1 Å². The van der Waals surface area contributed by atoms with Crippen LogP contribution in [0, 0.1) is 10.1 Å². The third kappa shape index (κ3) is 8.43. The minimum absolute atomic E-state index is 0.00513. The van der Waals surface area contributed by atoms with Crippen molar-refractivity contribution in [2.75, 3.05) is 22.9 Å². The number of para-hydroxylation sites is 1. The minimum atomic E-state index is -1.11. The Kier molecular flexibility index (Phi) is 10.6. The largest absolute Gasteiger partial charge is 0.398 e. The van der Waals surface area contributed by atoms with Gasteiger partial charge in [-0.05, 0) is 61.7 Å². The summed E-state index contributed by atoms with van der Waals surface area (Å²) in [6.07, 6.45) is 0.890. The average Bonchev–Trinajstić information content (AvgIpc) is 3.51. The van der Waals surface area contributed by atoms with Crippen molar-refractivity contribution in [3.05, 3.63) is 94.0 Å². The highest BCUT2D eigenvalue weighted by Gasteiger charge is 2.38. The average molecular weight is 630 g/mol. The maximum atomic E-state index is 13.6. The molecule has 0 bridgehead atoms. The molecule has 3 atom stereocenters. The molecule has 0 radical (unpaired) electrons. The molecule has 1 fully saturated rings. The van der Waals surface area contributed by atoms with Gasteiger partial charge in [0.2, 0.25) is 23.6 Å². The zero-order valence-electron chi connectivity index (χ0n) is 25.3. The van der Waals surface area contributed by atoms with Crippen LogP contribution in [-0.2, 0) is 25.6 Å². The monoisotopic (exact) mass is 629 g/mol. The predicted octanol–water partition coefficient (Wildman–Crippen LogP) is 2.61. The van der Waals surface area contributed by atoms with E-state index in [-0.39, 0.29) is 35.8 Å². The van der Waals surface area contributed by atoms with E-state index in [4.69, 9.17) is 5.73 Å². The van der Waals surface area contributed by atoms with Gasteiger partial charge in [-0.1, -0.05) is 24.3 Å². The third-order valence-corrected chi connectivity index (χ3v) is 7.45. The zero-order chi connectivity index (χ0) is 33.4. The summed E-state index contributed by atoms with van der Waals surface area (Å²) < 4.78 is 0. The Balaban J connectivity index is 1.48. The molecule has 1 aliphatic heterocycles. The quantitative estimate of drug-likeness (QED) is 0.121. The maximum Gasteiger partial charge on any atom is 0.269 e. The summed E-state index contributed by atoms with van der Waals surface area (Å²) in [7, 11) is 0. The van der Waals surface area contributed by atoms with Crippen molar-refractivity contribution < 1.29 is 28.9 Å². The van der Waals surface area contributed by atoms with Crippen molar-refractivity contribution in [1.29, 1.82) is 0 Å². The number of nitrogens with zero attached hydrogens (tertiary/aromatic N) is 2. The smallest absolute Gasteiger partial charge is 0.269 e. The molecule has 0 aliphatic carbocycles. The van der Waals surface area contributed by atoms with Crippen molar-refractivity contribution in [2.45, 2.75) is 51.2 Å². The van der Waals surface area contributed by atoms with Gasteiger partial charge in [0.25, 0.3) is 11.6 Å². The predicted molar refractivity (Wildman–Crippen MR) is 171 cm³/mol. The van der Waals surface area contributed by atoms with Crippen LogP contribution in [0.4, 0.5) is 22.7 Å². The second kappa shape index (κ2) is 14.8. The minimum Gasteiger partial charge on any atom is -0.398 e. The number of likely N-dealkylation sites (tertiary alicyclic amines) is 1. The summed E-state index contributed by atoms with van der Waals surface area (Å²) in [4.78, 5) is 76.5. The molecule has 0 aromatic heterocycles. The number of nitro benzene ring substituents is 1. The van der Waals surface area contributed by atoms with Gasteiger partial charge in [-0.15, -0.1) is 0 Å². The number of nitrogen functional groups attached to an aromatic ring is 1. The van der Waals surface area contributed by atoms with Gasteiger partial charge in [-0.3, -0.25) is 34.1 Å². The van der Waals surface area contributed by atoms with Gasteiger partial charge in [0, 0.05) is 49.1 Å². The van der Waals surface area contributed by atoms with E-state index in [9.17, 15) is 34.1 Å². The van der Waals surface area contributed by atoms with E-state index >= 15 is 0 Å². The van der Waals surface area contributed by atoms with Crippen LogP contribution in [0.25, 0.3) is 0 Å². The van der Waals surface area contributed by atoms with Gasteiger partial charge in [-0.2, -0.15) is 0 Å². The molecule has 14 nitrogen and oxygen atoms in total. The van der Waals surface area contributed by atoms with E-state index in [1.165, 1.54) is 43.0 Å². The SMILES string of the molecule is CC(=O)Nc1ccc(NC(=O)[C@H](Cc2ccc([N+](=O)[O-])cc2)NC(=O)[C@@H]2CCCN2C(=O)[C@H](C)NC(=O)c2ccccc2N)cc1. The molecule has 3 aromatic carbocycles. The number of carbonyl (C=O) groups is 5. The number of benzene rings is 3. The van der Waals surface area contributed by atoms with Crippen LogP contribution in [0.1, 0.15) is 42.6 Å². The molecule has 1 saturated heterocycles. The van der Waals surface area contributed by atoms with Gasteiger partial charge in [0.15, 0.2) is 0 Å². The number of carbonyl (C=O) groups excluding carboxylic acids is 5. The van der Waals surface area contributed by atoms with E-state index in [0.29, 0.717) is 29.8 Å². The van der Waals surface area contributed by atoms with Crippen molar-refractivity contribution >= 4 is 52.3 Å². The standard InChI is InChI=1S/C32H35N7O7/c1-19(34-29(41)25-6-3-4-7-26(25)33)32(44)38-17-5-8-28(38)31(43)37-27(18-21-9-15-24(16-10-21)39(45)46)30(42)36-23-13-11-22(12-14-23)35-20(2)40/h3-4,6-7,9-16,19,27-28H,5,8,17-18,33H2,1-2H3,(H,34,41)(H,35,40)(H,36,42)(H,37,43)/t19-,27-,28-/m0/s1. The van der Waals surface area contributed by atoms with E-state index in [1.807, 2.05) is 0 Å². The number of rotatable bonds is 11. The molecule has 240 valence electrons. The fraction of sp³-hybridized carbons (Fsp3) is 0.281. The van der Waals surface area contributed by atoms with Crippen molar-refractivity contribution in [2.24, 2.45) is 0 Å². The summed E-state index contributed by atoms with van der Waals surface area (Å²) in [6.45, 7) is 3.18. The Morgan fingerprint density at radius 2 is 1.57 bits per heavy atom. The highest BCUT2D eigenvalue weighted by molar-refractivity contribution is 6.02. The normalized spacial score (nSPS) is 15.3. The first-order valence-electron chi connectivity index (χ1n) is 14.6. The number of nitrogens with two attached hydrogens (primary N) is 1. The summed E-state index contributed by atoms with van der Waals surface area (Å²) in [5.74, 6) is -2.35. The number of anilines is 3. The molecular formula is C32H35N7O7. The fourth-order valence-electron chi connectivity index (χ4n) is 5.13. The molecule has 0 saturated carbocycles. The van der Waals surface area contributed by atoms with E-state index in [2.05, 4.69) is 21.3 Å². The maximum absolute atomic E-state index is 13.6. The summed E-state index contributed by atoms with van der Waals surface area (Å²) in [5, 5.41) is 21.9. The van der Waals surface area contributed by atoms with Crippen LogP contribution in [0.15, 0.2) is 72.8 Å². The zero-order valence-corrected chi connectivity index (χ0v) is 25.3. The molecule has 0 spiro atoms. The van der Waals surface area contributed by atoms with Crippen LogP contribution in [0.3, 0.4) is 0 Å². The Labute approximate surface area is 264 Å². The topological polar surface area (TPSA) is 206 Å². The summed E-state index contributed by atoms with van der Waals surface area (Å²) in [5.41, 5.74) is 7.75. The summed E-state index contributed by atoms with van der Waals surface area (Å²) in [6, 6.07) is 15.5. The lowest BCUT2D eigenvalue weighted by atomic mass is 10.0. The van der Waals surface area contributed by atoms with Gasteiger partial charge >= 0.3 is 0 Å². The Morgan fingerprint density at radius 1 is 0.935 bits per heavy atom. The lowest BCUT2D eigenvalue weighted by molar-refractivity contribution is -0.384. The Hall–Kier alpha value is -5.79. The fourth-order valence-corrected chi connectivity index (χ4v) is 5.13. The number of non-ortho nitro benzene ring substituents is 1. The molecular weight excluding hydrogens is 594 g/mol. The molecule has 14 heteroatoms. The van der Waals surface area contributed by atoms with Crippen molar-refractivity contribution in [3.63, 3.8) is 0 Å². The van der Waals surface area contributed by atoms with Crippen LogP contribution >= 0.6 is 0 Å². The Bertz CT molecular complexity index is 1630. The number of nitro groups is 1. The lowest BCUT2D eigenvalue weighted by Crippen LogP contribution is -2.55. The molecule has 0 unspecified atom stereocenters. The molecule has 1 heterocycles. The first-order valence-corrected chi connectivity index (χ1v) is 14.6. The molecule has 5 amide bonds. The molecule has 4 rings (SSSR count). The van der Waals surface area contributed by atoms with E-state index in [0.717, 1.165) is 0 Å².